The Hall–Kier alpha value is -4.79. The van der Waals surface area contributed by atoms with E-state index < -0.39 is 5.91 Å². The van der Waals surface area contributed by atoms with Crippen LogP contribution in [-0.4, -0.2) is 26.1 Å². The first-order valence-corrected chi connectivity index (χ1v) is 12.8. The maximum Gasteiger partial charge on any atom is 0.267 e. The van der Waals surface area contributed by atoms with Gasteiger partial charge in [0.25, 0.3) is 5.91 Å². The second-order valence-corrected chi connectivity index (χ2v) is 9.30. The van der Waals surface area contributed by atoms with Crippen LogP contribution in [-0.2, 0) is 17.9 Å². The van der Waals surface area contributed by atoms with E-state index in [1.54, 1.807) is 17.9 Å². The number of H-pyrrole nitrogens is 1. The standard InChI is InChI=1S/C31H30N6O2/c1-21(25-5-3-2-4-6-25)35-30-27-17-28(36-31(27)34-20-33-30)26-14-11-24(12-15-26)19-32-18-23-9-7-22(8-10-23)13-16-29(38)37-39/h2-17,20-21,32,39H,18-19H2,1H3,(H,37,38)(H2,33,34,35,36)/t21-/m1/s1. The van der Waals surface area contributed by atoms with Gasteiger partial charge < -0.3 is 15.6 Å². The van der Waals surface area contributed by atoms with E-state index in [4.69, 9.17) is 5.21 Å². The van der Waals surface area contributed by atoms with Crippen molar-refractivity contribution in [2.24, 2.45) is 0 Å². The largest absolute Gasteiger partial charge is 0.363 e. The van der Waals surface area contributed by atoms with Gasteiger partial charge in [0.1, 0.15) is 17.8 Å². The van der Waals surface area contributed by atoms with Crippen molar-refractivity contribution in [3.8, 4) is 11.3 Å². The Bertz CT molecular complexity index is 1560. The van der Waals surface area contributed by atoms with Gasteiger partial charge in [0, 0.05) is 30.9 Å². The van der Waals surface area contributed by atoms with Gasteiger partial charge >= 0.3 is 0 Å². The highest BCUT2D eigenvalue weighted by Crippen LogP contribution is 2.29. The number of hydrogen-bond acceptors (Lipinski definition) is 6. The fourth-order valence-corrected chi connectivity index (χ4v) is 4.35. The first-order chi connectivity index (χ1) is 19.1. The Morgan fingerprint density at radius 3 is 2.33 bits per heavy atom. The number of anilines is 1. The highest BCUT2D eigenvalue weighted by Gasteiger charge is 2.12. The summed E-state index contributed by atoms with van der Waals surface area (Å²) in [6, 6.07) is 28.9. The van der Waals surface area contributed by atoms with Crippen molar-refractivity contribution >= 4 is 28.8 Å². The molecular formula is C31H30N6O2. The van der Waals surface area contributed by atoms with Crippen LogP contribution >= 0.6 is 0 Å². The number of aromatic nitrogens is 3. The van der Waals surface area contributed by atoms with Crippen LogP contribution < -0.4 is 16.1 Å². The van der Waals surface area contributed by atoms with Gasteiger partial charge in [-0.3, -0.25) is 10.0 Å². The zero-order valence-electron chi connectivity index (χ0n) is 21.6. The quantitative estimate of drug-likeness (QED) is 0.0933. The van der Waals surface area contributed by atoms with Crippen LogP contribution in [0.3, 0.4) is 0 Å². The number of hydrogen-bond donors (Lipinski definition) is 5. The number of nitrogens with one attached hydrogen (secondary N) is 4. The topological polar surface area (TPSA) is 115 Å². The van der Waals surface area contributed by atoms with Gasteiger partial charge in [-0.2, -0.15) is 0 Å². The third-order valence-corrected chi connectivity index (χ3v) is 6.52. The summed E-state index contributed by atoms with van der Waals surface area (Å²) in [7, 11) is 0. The van der Waals surface area contributed by atoms with Gasteiger partial charge in [-0.1, -0.05) is 78.9 Å². The lowest BCUT2D eigenvalue weighted by molar-refractivity contribution is -0.124. The Labute approximate surface area is 226 Å². The third kappa shape index (κ3) is 6.56. The summed E-state index contributed by atoms with van der Waals surface area (Å²) >= 11 is 0. The van der Waals surface area contributed by atoms with Crippen LogP contribution in [0.1, 0.15) is 35.2 Å². The second kappa shape index (κ2) is 12.2. The average molecular weight is 519 g/mol. The molecule has 0 fully saturated rings. The molecule has 1 atom stereocenters. The number of hydroxylamine groups is 1. The van der Waals surface area contributed by atoms with Gasteiger partial charge in [0.05, 0.1) is 5.39 Å². The molecule has 3 aromatic carbocycles. The zero-order chi connectivity index (χ0) is 27.0. The molecule has 2 heterocycles. The summed E-state index contributed by atoms with van der Waals surface area (Å²) in [4.78, 5) is 23.5. The van der Waals surface area contributed by atoms with Gasteiger partial charge in [0.15, 0.2) is 0 Å². The first kappa shape index (κ1) is 25.8. The summed E-state index contributed by atoms with van der Waals surface area (Å²) in [5, 5.41) is 16.5. The number of carbonyl (C=O) groups is 1. The molecule has 0 aliphatic heterocycles. The molecule has 0 spiro atoms. The third-order valence-electron chi connectivity index (χ3n) is 6.52. The van der Waals surface area contributed by atoms with E-state index in [0.717, 1.165) is 52.3 Å². The maximum atomic E-state index is 11.1. The Morgan fingerprint density at radius 2 is 1.64 bits per heavy atom. The van der Waals surface area contributed by atoms with Gasteiger partial charge in [0.2, 0.25) is 0 Å². The predicted molar refractivity (Wildman–Crippen MR) is 154 cm³/mol. The lowest BCUT2D eigenvalue weighted by Crippen LogP contribution is -2.14. The molecule has 1 amide bonds. The van der Waals surface area contributed by atoms with Crippen molar-refractivity contribution in [3.05, 3.63) is 120 Å². The fraction of sp³-hybridized carbons (Fsp3) is 0.129. The molecule has 5 rings (SSSR count). The molecule has 0 aliphatic rings. The van der Waals surface area contributed by atoms with Crippen molar-refractivity contribution in [3.63, 3.8) is 0 Å². The van der Waals surface area contributed by atoms with E-state index in [0.29, 0.717) is 0 Å². The lowest BCUT2D eigenvalue weighted by Gasteiger charge is -2.15. The van der Waals surface area contributed by atoms with Crippen molar-refractivity contribution in [1.29, 1.82) is 0 Å². The molecule has 0 saturated carbocycles. The van der Waals surface area contributed by atoms with Gasteiger partial charge in [-0.25, -0.2) is 15.4 Å². The second-order valence-electron chi connectivity index (χ2n) is 9.30. The van der Waals surface area contributed by atoms with Crippen LogP contribution in [0.5, 0.6) is 0 Å². The molecular weight excluding hydrogens is 488 g/mol. The monoisotopic (exact) mass is 518 g/mol. The molecule has 5 N–H and O–H groups in total. The van der Waals surface area contributed by atoms with E-state index in [2.05, 4.69) is 75.0 Å². The lowest BCUT2D eigenvalue weighted by atomic mass is 10.1. The summed E-state index contributed by atoms with van der Waals surface area (Å²) in [6.45, 7) is 3.58. The zero-order valence-corrected chi connectivity index (χ0v) is 21.6. The Morgan fingerprint density at radius 1 is 0.949 bits per heavy atom. The molecule has 39 heavy (non-hydrogen) atoms. The SMILES string of the molecule is C[C@@H](Nc1ncnc2[nH]c(-c3ccc(CNCc4ccc(C=CC(=O)NO)cc4)cc3)cc12)c1ccccc1. The van der Waals surface area contributed by atoms with E-state index in [1.807, 2.05) is 42.5 Å². The number of fused-ring (bicyclic) bond motifs is 1. The summed E-state index contributed by atoms with van der Waals surface area (Å²) in [5.74, 6) is 0.250. The van der Waals surface area contributed by atoms with Crippen LogP contribution in [0.15, 0.2) is 97.3 Å². The number of benzene rings is 3. The summed E-state index contributed by atoms with van der Waals surface area (Å²) in [5.41, 5.74) is 8.85. The average Bonchev–Trinajstić information content (AvgIpc) is 3.43. The van der Waals surface area contributed by atoms with Crippen LogP contribution in [0.4, 0.5) is 5.82 Å². The molecule has 0 aliphatic carbocycles. The smallest absolute Gasteiger partial charge is 0.267 e. The van der Waals surface area contributed by atoms with Crippen molar-refractivity contribution in [1.82, 2.24) is 25.7 Å². The van der Waals surface area contributed by atoms with Crippen LogP contribution in [0.25, 0.3) is 28.4 Å². The van der Waals surface area contributed by atoms with Gasteiger partial charge in [-0.05, 0) is 46.9 Å². The maximum absolute atomic E-state index is 11.1. The van der Waals surface area contributed by atoms with Crippen LogP contribution in [0, 0.1) is 0 Å². The van der Waals surface area contributed by atoms with E-state index >= 15 is 0 Å². The normalized spacial score (nSPS) is 12.1. The molecule has 0 radical (unpaired) electrons. The van der Waals surface area contributed by atoms with Crippen molar-refractivity contribution in [2.75, 3.05) is 5.32 Å². The molecule has 0 bridgehead atoms. The minimum atomic E-state index is -0.555. The number of aromatic amines is 1. The van der Waals surface area contributed by atoms with E-state index in [1.165, 1.54) is 17.2 Å². The number of rotatable bonds is 10. The Balaban J connectivity index is 1.19. The number of nitrogens with zero attached hydrogens (tertiary/aromatic N) is 2. The molecule has 8 heteroatoms. The molecule has 0 unspecified atom stereocenters. The highest BCUT2D eigenvalue weighted by molar-refractivity contribution is 5.92. The van der Waals surface area contributed by atoms with E-state index in [9.17, 15) is 4.79 Å². The molecule has 196 valence electrons. The van der Waals surface area contributed by atoms with Crippen molar-refractivity contribution < 1.29 is 10.0 Å². The van der Waals surface area contributed by atoms with E-state index in [-0.39, 0.29) is 6.04 Å². The van der Waals surface area contributed by atoms with Crippen molar-refractivity contribution in [2.45, 2.75) is 26.1 Å². The number of amides is 1. The summed E-state index contributed by atoms with van der Waals surface area (Å²) < 4.78 is 0. The van der Waals surface area contributed by atoms with Gasteiger partial charge in [-0.15, -0.1) is 0 Å². The minimum absolute atomic E-state index is 0.115. The fourth-order valence-electron chi connectivity index (χ4n) is 4.35. The summed E-state index contributed by atoms with van der Waals surface area (Å²) in [6.07, 6.45) is 4.51. The van der Waals surface area contributed by atoms with Crippen LogP contribution in [0.2, 0.25) is 0 Å². The highest BCUT2D eigenvalue weighted by atomic mass is 16.5. The minimum Gasteiger partial charge on any atom is -0.363 e. The Kier molecular flexibility index (Phi) is 8.06. The molecule has 5 aromatic rings. The molecule has 8 nitrogen and oxygen atoms in total. The first-order valence-electron chi connectivity index (χ1n) is 12.8. The predicted octanol–water partition coefficient (Wildman–Crippen LogP) is 5.61. The molecule has 0 saturated heterocycles. The molecule has 2 aromatic heterocycles. The number of carbonyl (C=O) groups excluding carboxylic acids is 1.